The summed E-state index contributed by atoms with van der Waals surface area (Å²) in [6.07, 6.45) is -0.706. The van der Waals surface area contributed by atoms with Crippen LogP contribution in [0.5, 0.6) is 0 Å². The largest absolute Gasteiger partial charge is 0.389 e. The lowest BCUT2D eigenvalue weighted by Gasteiger charge is -2.11. The molecule has 0 aliphatic carbocycles. The summed E-state index contributed by atoms with van der Waals surface area (Å²) in [5.41, 5.74) is 0.583. The number of rotatable bonds is 3. The molecule has 0 amide bonds. The van der Waals surface area contributed by atoms with Crippen molar-refractivity contribution < 1.29 is 9.50 Å². The van der Waals surface area contributed by atoms with Crippen LogP contribution < -0.4 is 0 Å². The van der Waals surface area contributed by atoms with Crippen molar-refractivity contribution in [2.45, 2.75) is 22.8 Å². The van der Waals surface area contributed by atoms with E-state index in [9.17, 15) is 9.50 Å². The summed E-state index contributed by atoms with van der Waals surface area (Å²) in [5.74, 6) is -0.346. The normalized spacial score (nSPS) is 12.4. The summed E-state index contributed by atoms with van der Waals surface area (Å²) in [6.45, 7) is 1.62. The van der Waals surface area contributed by atoms with Crippen molar-refractivity contribution in [2.24, 2.45) is 0 Å². The van der Waals surface area contributed by atoms with Crippen molar-refractivity contribution in [2.75, 3.05) is 0 Å². The Kier molecular flexibility index (Phi) is 4.27. The Bertz CT molecular complexity index is 557. The monoisotopic (exact) mass is 282 g/mol. The van der Waals surface area contributed by atoms with E-state index in [1.807, 2.05) is 18.2 Å². The predicted molar refractivity (Wildman–Crippen MR) is 72.6 cm³/mol. The van der Waals surface area contributed by atoms with E-state index in [2.05, 4.69) is 0 Å². The highest BCUT2D eigenvalue weighted by Gasteiger charge is 2.10. The molecule has 1 unspecified atom stereocenters. The van der Waals surface area contributed by atoms with Crippen LogP contribution in [-0.2, 0) is 0 Å². The van der Waals surface area contributed by atoms with Gasteiger partial charge in [0.2, 0.25) is 0 Å². The Morgan fingerprint density at radius 1 is 1.22 bits per heavy atom. The average molecular weight is 283 g/mol. The summed E-state index contributed by atoms with van der Waals surface area (Å²) in [4.78, 5) is 1.78. The number of hydrogen-bond acceptors (Lipinski definition) is 2. The van der Waals surface area contributed by atoms with Gasteiger partial charge in [-0.1, -0.05) is 29.4 Å². The van der Waals surface area contributed by atoms with Crippen LogP contribution in [0.1, 0.15) is 18.6 Å². The lowest BCUT2D eigenvalue weighted by molar-refractivity contribution is 0.196. The Morgan fingerprint density at radius 2 is 2.00 bits per heavy atom. The predicted octanol–water partition coefficient (Wildman–Crippen LogP) is 4.68. The molecule has 0 bridgehead atoms. The van der Waals surface area contributed by atoms with Crippen LogP contribution in [0.25, 0.3) is 0 Å². The summed E-state index contributed by atoms with van der Waals surface area (Å²) in [5, 5.41) is 10.3. The first kappa shape index (κ1) is 13.4. The van der Waals surface area contributed by atoms with Crippen LogP contribution in [-0.4, -0.2) is 5.11 Å². The lowest BCUT2D eigenvalue weighted by Crippen LogP contribution is -1.95. The Hall–Kier alpha value is -1.03. The first-order chi connectivity index (χ1) is 8.56. The van der Waals surface area contributed by atoms with Gasteiger partial charge in [0.1, 0.15) is 5.82 Å². The Labute approximate surface area is 115 Å². The zero-order valence-electron chi connectivity index (χ0n) is 9.73. The highest BCUT2D eigenvalue weighted by molar-refractivity contribution is 7.99. The fourth-order valence-corrected chi connectivity index (χ4v) is 2.92. The van der Waals surface area contributed by atoms with Crippen LogP contribution in [0.15, 0.2) is 52.3 Å². The number of aliphatic hydroxyl groups is 1. The fourth-order valence-electron chi connectivity index (χ4n) is 1.60. The summed E-state index contributed by atoms with van der Waals surface area (Å²) in [6, 6.07) is 11.8. The van der Waals surface area contributed by atoms with E-state index in [0.717, 1.165) is 9.79 Å². The molecule has 0 saturated heterocycles. The van der Waals surface area contributed by atoms with Crippen molar-refractivity contribution >= 4 is 23.4 Å². The number of benzene rings is 2. The van der Waals surface area contributed by atoms with E-state index in [1.165, 1.54) is 23.9 Å². The minimum absolute atomic E-state index is 0.346. The number of hydrogen-bond donors (Lipinski definition) is 1. The van der Waals surface area contributed by atoms with Gasteiger partial charge in [0.25, 0.3) is 0 Å². The first-order valence-electron chi connectivity index (χ1n) is 5.47. The van der Waals surface area contributed by atoms with Crippen molar-refractivity contribution in [1.82, 2.24) is 0 Å². The van der Waals surface area contributed by atoms with E-state index in [0.29, 0.717) is 10.6 Å². The van der Waals surface area contributed by atoms with Crippen LogP contribution in [0, 0.1) is 5.82 Å². The maximum absolute atomic E-state index is 13.2. The van der Waals surface area contributed by atoms with Gasteiger partial charge in [-0.25, -0.2) is 4.39 Å². The number of halogens is 2. The highest BCUT2D eigenvalue weighted by Crippen LogP contribution is 2.34. The van der Waals surface area contributed by atoms with Gasteiger partial charge in [-0.05, 0) is 48.9 Å². The topological polar surface area (TPSA) is 20.2 Å². The molecule has 18 heavy (non-hydrogen) atoms. The quantitative estimate of drug-likeness (QED) is 0.882. The van der Waals surface area contributed by atoms with Crippen LogP contribution in [0.3, 0.4) is 0 Å². The van der Waals surface area contributed by atoms with Crippen LogP contribution in [0.2, 0.25) is 5.02 Å². The van der Waals surface area contributed by atoms with E-state index < -0.39 is 6.10 Å². The summed E-state index contributed by atoms with van der Waals surface area (Å²) in [7, 11) is 0. The minimum atomic E-state index is -0.706. The summed E-state index contributed by atoms with van der Waals surface area (Å²) >= 11 is 7.37. The van der Waals surface area contributed by atoms with E-state index in [1.54, 1.807) is 19.1 Å². The zero-order chi connectivity index (χ0) is 13.1. The third-order valence-corrected chi connectivity index (χ3v) is 3.76. The van der Waals surface area contributed by atoms with Gasteiger partial charge in [-0.2, -0.15) is 0 Å². The molecule has 0 aliphatic heterocycles. The maximum atomic E-state index is 13.2. The summed E-state index contributed by atoms with van der Waals surface area (Å²) < 4.78 is 13.2. The first-order valence-corrected chi connectivity index (χ1v) is 6.66. The molecule has 0 spiro atoms. The maximum Gasteiger partial charge on any atom is 0.123 e. The third-order valence-electron chi connectivity index (χ3n) is 2.45. The molecule has 1 nitrogen and oxygen atoms in total. The lowest BCUT2D eigenvalue weighted by atomic mass is 10.1. The van der Waals surface area contributed by atoms with Gasteiger partial charge >= 0.3 is 0 Å². The van der Waals surface area contributed by atoms with Gasteiger partial charge < -0.3 is 5.11 Å². The standard InChI is InChI=1S/C14H12ClFOS/c1-9(17)13-8-11(16)5-6-14(13)18-12-4-2-3-10(15)7-12/h2-9,17H,1H3. The van der Waals surface area contributed by atoms with Gasteiger partial charge in [-0.3, -0.25) is 0 Å². The van der Waals surface area contributed by atoms with Crippen molar-refractivity contribution in [1.29, 1.82) is 0 Å². The molecule has 2 aromatic rings. The smallest absolute Gasteiger partial charge is 0.123 e. The molecular formula is C14H12ClFOS. The highest BCUT2D eigenvalue weighted by atomic mass is 35.5. The Balaban J connectivity index is 2.34. The van der Waals surface area contributed by atoms with E-state index >= 15 is 0 Å². The molecule has 1 N–H and O–H groups in total. The molecular weight excluding hydrogens is 271 g/mol. The van der Waals surface area contributed by atoms with Gasteiger partial charge in [-0.15, -0.1) is 0 Å². The molecule has 0 radical (unpaired) electrons. The second-order valence-electron chi connectivity index (χ2n) is 3.92. The SMILES string of the molecule is CC(O)c1cc(F)ccc1Sc1cccc(Cl)c1. The molecule has 2 rings (SSSR count). The van der Waals surface area contributed by atoms with Crippen molar-refractivity contribution in [3.8, 4) is 0 Å². The van der Waals surface area contributed by atoms with Crippen molar-refractivity contribution in [3.05, 3.63) is 58.9 Å². The second-order valence-corrected chi connectivity index (χ2v) is 5.47. The molecule has 94 valence electrons. The Morgan fingerprint density at radius 3 is 2.67 bits per heavy atom. The fraction of sp³-hybridized carbons (Fsp3) is 0.143. The van der Waals surface area contributed by atoms with Crippen molar-refractivity contribution in [3.63, 3.8) is 0 Å². The van der Waals surface area contributed by atoms with Crippen LogP contribution >= 0.6 is 23.4 Å². The molecule has 0 fully saturated rings. The molecule has 1 atom stereocenters. The van der Waals surface area contributed by atoms with Crippen LogP contribution in [0.4, 0.5) is 4.39 Å². The molecule has 0 aliphatic rings. The molecule has 0 heterocycles. The molecule has 0 saturated carbocycles. The molecule has 4 heteroatoms. The number of aliphatic hydroxyl groups excluding tert-OH is 1. The molecule has 2 aromatic carbocycles. The van der Waals surface area contributed by atoms with Gasteiger partial charge in [0.05, 0.1) is 6.10 Å². The van der Waals surface area contributed by atoms with E-state index in [4.69, 9.17) is 11.6 Å². The van der Waals surface area contributed by atoms with Gasteiger partial charge in [0.15, 0.2) is 0 Å². The minimum Gasteiger partial charge on any atom is -0.389 e. The second kappa shape index (κ2) is 5.74. The average Bonchev–Trinajstić information content (AvgIpc) is 2.31. The van der Waals surface area contributed by atoms with Gasteiger partial charge in [0, 0.05) is 14.8 Å². The van der Waals surface area contributed by atoms with E-state index in [-0.39, 0.29) is 5.82 Å². The zero-order valence-corrected chi connectivity index (χ0v) is 11.3. The third kappa shape index (κ3) is 3.25. The molecule has 0 aromatic heterocycles.